The third kappa shape index (κ3) is 3.20. The molecule has 0 bridgehead atoms. The van der Waals surface area contributed by atoms with Crippen molar-refractivity contribution in [2.24, 2.45) is 12.8 Å². The van der Waals surface area contributed by atoms with Gasteiger partial charge in [-0.2, -0.15) is 0 Å². The van der Waals surface area contributed by atoms with Gasteiger partial charge in [-0.15, -0.1) is 12.4 Å². The van der Waals surface area contributed by atoms with E-state index in [4.69, 9.17) is 28.9 Å². The molecule has 5 nitrogen and oxygen atoms in total. The van der Waals surface area contributed by atoms with Gasteiger partial charge in [0.05, 0.1) is 11.6 Å². The summed E-state index contributed by atoms with van der Waals surface area (Å²) >= 11 is 12.3. The fourth-order valence-corrected chi connectivity index (χ4v) is 3.80. The average Bonchev–Trinajstić information content (AvgIpc) is 3.02. The van der Waals surface area contributed by atoms with E-state index in [1.54, 1.807) is 48.0 Å². The molecule has 0 aliphatic rings. The van der Waals surface area contributed by atoms with Crippen LogP contribution in [0.1, 0.15) is 10.4 Å². The van der Waals surface area contributed by atoms with Crippen molar-refractivity contribution >= 4 is 63.3 Å². The first-order valence-corrected chi connectivity index (χ1v) is 9.00. The fraction of sp³-hybridized carbons (Fsp3) is 0.100. The normalized spacial score (nSPS) is 11.0. The minimum absolute atomic E-state index is 0. The Bertz CT molecular complexity index is 1290. The molecule has 3 N–H and O–H groups in total. The summed E-state index contributed by atoms with van der Waals surface area (Å²) in [6.45, 7) is -0.0576. The molecule has 0 aliphatic carbocycles. The number of H-pyrrole nitrogens is 1. The maximum atomic E-state index is 12.9. The van der Waals surface area contributed by atoms with Gasteiger partial charge in [-0.25, -0.2) is 0 Å². The highest BCUT2D eigenvalue weighted by Crippen LogP contribution is 2.32. The number of carbonyl (C=O) groups is 1. The molecule has 4 aromatic rings. The number of benzene rings is 2. The maximum Gasteiger partial charge on any atom is 0.259 e. The number of fused-ring (bicyclic) bond motifs is 3. The van der Waals surface area contributed by atoms with Gasteiger partial charge in [0.25, 0.3) is 5.56 Å². The number of pyridine rings is 1. The number of hydrogen-bond acceptors (Lipinski definition) is 3. The largest absolute Gasteiger partial charge is 0.341 e. The van der Waals surface area contributed by atoms with Gasteiger partial charge in [0.2, 0.25) is 0 Å². The topological polar surface area (TPSA) is 80.9 Å². The van der Waals surface area contributed by atoms with Crippen LogP contribution >= 0.6 is 35.6 Å². The second-order valence-corrected chi connectivity index (χ2v) is 7.16. The van der Waals surface area contributed by atoms with E-state index in [-0.39, 0.29) is 30.3 Å². The lowest BCUT2D eigenvalue weighted by atomic mass is 10.0. The van der Waals surface area contributed by atoms with Crippen molar-refractivity contribution in [3.05, 3.63) is 68.4 Å². The number of carbonyl (C=O) groups excluding carboxylic acids is 1. The number of Topliss-reactive ketones (excluding diaryl/α,β-unsaturated/α-hetero) is 1. The van der Waals surface area contributed by atoms with Crippen molar-refractivity contribution in [1.29, 1.82) is 0 Å². The number of halogens is 3. The van der Waals surface area contributed by atoms with Crippen LogP contribution in [0, 0.1) is 0 Å². The molecule has 144 valence electrons. The van der Waals surface area contributed by atoms with Crippen molar-refractivity contribution in [3.63, 3.8) is 0 Å². The Morgan fingerprint density at radius 3 is 2.50 bits per heavy atom. The van der Waals surface area contributed by atoms with E-state index in [1.807, 2.05) is 6.07 Å². The van der Waals surface area contributed by atoms with Gasteiger partial charge < -0.3 is 10.7 Å². The van der Waals surface area contributed by atoms with E-state index in [1.165, 1.54) is 0 Å². The highest BCUT2D eigenvalue weighted by molar-refractivity contribution is 6.36. The Labute approximate surface area is 176 Å². The Balaban J connectivity index is 0.00000225. The molecule has 2 aromatic carbocycles. The summed E-state index contributed by atoms with van der Waals surface area (Å²) in [5.74, 6) is -0.142. The first-order chi connectivity index (χ1) is 12.9. The van der Waals surface area contributed by atoms with Crippen LogP contribution in [0.3, 0.4) is 0 Å². The van der Waals surface area contributed by atoms with Crippen molar-refractivity contribution in [2.75, 3.05) is 6.54 Å². The standard InChI is InChI=1S/C20H15Cl2N3O2.ClH/c1-25-19-14(13-6-10(18(26)9-23)2-5-17(13)24-19)8-15(20(25)27)12-4-3-11(21)7-16(12)22;/h2-8,24H,9,23H2,1H3;1H. The van der Waals surface area contributed by atoms with Gasteiger partial charge in [0.1, 0.15) is 5.65 Å². The number of aromatic nitrogens is 2. The van der Waals surface area contributed by atoms with Gasteiger partial charge in [0.15, 0.2) is 5.78 Å². The zero-order valence-corrected chi connectivity index (χ0v) is 17.1. The van der Waals surface area contributed by atoms with Crippen LogP contribution in [0.5, 0.6) is 0 Å². The lowest BCUT2D eigenvalue weighted by Crippen LogP contribution is -2.19. The third-order valence-corrected chi connectivity index (χ3v) is 5.25. The summed E-state index contributed by atoms with van der Waals surface area (Å²) in [5.41, 5.74) is 8.39. The Morgan fingerprint density at radius 2 is 1.82 bits per heavy atom. The Morgan fingerprint density at radius 1 is 1.07 bits per heavy atom. The van der Waals surface area contributed by atoms with E-state index in [0.717, 1.165) is 16.3 Å². The van der Waals surface area contributed by atoms with Gasteiger partial charge in [-0.3, -0.25) is 14.2 Å². The zero-order valence-electron chi connectivity index (χ0n) is 14.8. The first-order valence-electron chi connectivity index (χ1n) is 8.25. The number of aryl methyl sites for hydroxylation is 1. The molecule has 4 rings (SSSR count). The molecule has 28 heavy (non-hydrogen) atoms. The second-order valence-electron chi connectivity index (χ2n) is 6.32. The summed E-state index contributed by atoms with van der Waals surface area (Å²) in [4.78, 5) is 28.1. The van der Waals surface area contributed by atoms with Crippen LogP contribution < -0.4 is 11.3 Å². The van der Waals surface area contributed by atoms with E-state index in [9.17, 15) is 9.59 Å². The molecule has 0 aliphatic heterocycles. The van der Waals surface area contributed by atoms with Crippen molar-refractivity contribution in [2.45, 2.75) is 0 Å². The van der Waals surface area contributed by atoms with Crippen LogP contribution in [0.4, 0.5) is 0 Å². The molecular formula is C20H16Cl3N3O2. The van der Waals surface area contributed by atoms with Crippen LogP contribution in [-0.2, 0) is 7.05 Å². The maximum absolute atomic E-state index is 12.9. The number of ketones is 1. The highest BCUT2D eigenvalue weighted by atomic mass is 35.5. The Kier molecular flexibility index (Phi) is 5.55. The molecule has 0 fully saturated rings. The summed E-state index contributed by atoms with van der Waals surface area (Å²) in [6.07, 6.45) is 0. The fourth-order valence-electron chi connectivity index (χ4n) is 3.29. The van der Waals surface area contributed by atoms with Gasteiger partial charge >= 0.3 is 0 Å². The second kappa shape index (κ2) is 7.60. The summed E-state index contributed by atoms with van der Waals surface area (Å²) in [5, 5.41) is 2.56. The SMILES string of the molecule is Cl.Cn1c(=O)c(-c2ccc(Cl)cc2Cl)cc2c3cc(C(=O)CN)ccc3[nH]c21. The third-order valence-electron chi connectivity index (χ3n) is 4.71. The van der Waals surface area contributed by atoms with Crippen LogP contribution in [0.15, 0.2) is 47.3 Å². The lowest BCUT2D eigenvalue weighted by molar-refractivity contribution is 0.100. The molecule has 0 amide bonds. The quantitative estimate of drug-likeness (QED) is 0.462. The van der Waals surface area contributed by atoms with Gasteiger partial charge in [-0.05, 0) is 36.4 Å². The molecule has 2 heterocycles. The van der Waals surface area contributed by atoms with E-state index in [2.05, 4.69) is 4.98 Å². The number of nitrogens with two attached hydrogens (primary N) is 1. The molecule has 2 aromatic heterocycles. The molecule has 8 heteroatoms. The van der Waals surface area contributed by atoms with Gasteiger partial charge in [0, 0.05) is 45.0 Å². The Hall–Kier alpha value is -2.31. The lowest BCUT2D eigenvalue weighted by Gasteiger charge is -2.08. The highest BCUT2D eigenvalue weighted by Gasteiger charge is 2.16. The molecule has 0 atom stereocenters. The summed E-state index contributed by atoms with van der Waals surface area (Å²) < 4.78 is 1.54. The van der Waals surface area contributed by atoms with Crippen molar-refractivity contribution < 1.29 is 4.79 Å². The summed E-state index contributed by atoms with van der Waals surface area (Å²) in [7, 11) is 1.69. The number of hydrogen-bond donors (Lipinski definition) is 2. The predicted octanol–water partition coefficient (Wildman–Crippen LogP) is 4.56. The minimum atomic E-state index is -0.184. The van der Waals surface area contributed by atoms with E-state index in [0.29, 0.717) is 32.4 Å². The van der Waals surface area contributed by atoms with Crippen molar-refractivity contribution in [3.8, 4) is 11.1 Å². The minimum Gasteiger partial charge on any atom is -0.341 e. The smallest absolute Gasteiger partial charge is 0.259 e. The van der Waals surface area contributed by atoms with Crippen LogP contribution in [0.2, 0.25) is 10.0 Å². The van der Waals surface area contributed by atoms with E-state index >= 15 is 0 Å². The van der Waals surface area contributed by atoms with Gasteiger partial charge in [-0.1, -0.05) is 29.3 Å². The first kappa shape index (κ1) is 20.4. The average molecular weight is 437 g/mol. The monoisotopic (exact) mass is 435 g/mol. The number of rotatable bonds is 3. The number of aromatic amines is 1. The molecule has 0 unspecified atom stereocenters. The number of nitrogens with zero attached hydrogens (tertiary/aromatic N) is 1. The molecule has 0 saturated carbocycles. The summed E-state index contributed by atoms with van der Waals surface area (Å²) in [6, 6.07) is 12.2. The van der Waals surface area contributed by atoms with Crippen LogP contribution in [0.25, 0.3) is 33.1 Å². The van der Waals surface area contributed by atoms with E-state index < -0.39 is 0 Å². The van der Waals surface area contributed by atoms with Crippen LogP contribution in [-0.4, -0.2) is 21.9 Å². The molecule has 0 saturated heterocycles. The molecular weight excluding hydrogens is 421 g/mol. The predicted molar refractivity (Wildman–Crippen MR) is 117 cm³/mol. The number of nitrogens with one attached hydrogen (secondary N) is 1. The zero-order chi connectivity index (χ0) is 19.3. The molecule has 0 spiro atoms. The van der Waals surface area contributed by atoms with Crippen molar-refractivity contribution in [1.82, 2.24) is 9.55 Å². The molecule has 0 radical (unpaired) electrons.